The van der Waals surface area contributed by atoms with Gasteiger partial charge in [-0.3, -0.25) is 9.59 Å². The van der Waals surface area contributed by atoms with Crippen LogP contribution in [-0.4, -0.2) is 23.5 Å². The third-order valence-corrected chi connectivity index (χ3v) is 4.89. The molecule has 1 aromatic carbocycles. The van der Waals surface area contributed by atoms with E-state index in [9.17, 15) is 14.0 Å². The summed E-state index contributed by atoms with van der Waals surface area (Å²) in [7, 11) is 0. The van der Waals surface area contributed by atoms with Crippen LogP contribution in [0.2, 0.25) is 0 Å². The minimum absolute atomic E-state index is 0.0204. The van der Waals surface area contributed by atoms with Gasteiger partial charge in [-0.25, -0.2) is 4.39 Å². The average molecular weight is 335 g/mol. The Morgan fingerprint density at radius 2 is 1.71 bits per heavy atom. The van der Waals surface area contributed by atoms with E-state index < -0.39 is 11.4 Å². The van der Waals surface area contributed by atoms with Crippen LogP contribution in [0.15, 0.2) is 24.3 Å². The molecule has 1 aliphatic carbocycles. The van der Waals surface area contributed by atoms with Gasteiger partial charge in [0.2, 0.25) is 5.91 Å². The van der Waals surface area contributed by atoms with Crippen LogP contribution in [0.3, 0.4) is 0 Å². The lowest BCUT2D eigenvalue weighted by Crippen LogP contribution is -2.46. The van der Waals surface area contributed by atoms with Crippen molar-refractivity contribution < 1.29 is 19.1 Å². The van der Waals surface area contributed by atoms with Crippen molar-refractivity contribution in [3.63, 3.8) is 0 Å². The number of halogens is 1. The van der Waals surface area contributed by atoms with Gasteiger partial charge in [0.15, 0.2) is 0 Å². The highest BCUT2D eigenvalue weighted by molar-refractivity contribution is 5.88. The average Bonchev–Trinajstić information content (AvgIpc) is 2.58. The Labute approximate surface area is 142 Å². The van der Waals surface area contributed by atoms with Crippen LogP contribution in [0.1, 0.15) is 63.4 Å². The number of carbonyl (C=O) groups excluding carboxylic acids is 1. The smallest absolute Gasteiger partial charge is 0.303 e. The quantitative estimate of drug-likeness (QED) is 0.710. The molecular weight excluding hydrogens is 309 g/mol. The van der Waals surface area contributed by atoms with Crippen LogP contribution < -0.4 is 5.32 Å². The molecule has 0 saturated heterocycles. The molecule has 1 amide bonds. The SMILES string of the molecule is O=C(O)CCCCCNC(=O)C1(c2ccc(F)cc2)CCCCC1. The summed E-state index contributed by atoms with van der Waals surface area (Å²) in [5, 5.41) is 11.6. The lowest BCUT2D eigenvalue weighted by atomic mass is 9.68. The fraction of sp³-hybridized carbons (Fsp3) is 0.579. The molecule has 0 radical (unpaired) electrons. The van der Waals surface area contributed by atoms with Crippen molar-refractivity contribution in [2.75, 3.05) is 6.54 Å². The normalized spacial score (nSPS) is 16.5. The Balaban J connectivity index is 1.93. The van der Waals surface area contributed by atoms with E-state index in [0.29, 0.717) is 13.0 Å². The zero-order chi connectivity index (χ0) is 17.4. The molecule has 0 spiro atoms. The molecule has 2 rings (SSSR count). The third-order valence-electron chi connectivity index (χ3n) is 4.89. The highest BCUT2D eigenvalue weighted by Crippen LogP contribution is 2.39. The van der Waals surface area contributed by atoms with Gasteiger partial charge in [0, 0.05) is 13.0 Å². The Morgan fingerprint density at radius 1 is 1.04 bits per heavy atom. The zero-order valence-corrected chi connectivity index (χ0v) is 14.0. The fourth-order valence-corrected chi connectivity index (χ4v) is 3.52. The summed E-state index contributed by atoms with van der Waals surface area (Å²) < 4.78 is 13.2. The Hall–Kier alpha value is -1.91. The molecule has 0 aliphatic heterocycles. The zero-order valence-electron chi connectivity index (χ0n) is 14.0. The van der Waals surface area contributed by atoms with Crippen LogP contribution in [0.4, 0.5) is 4.39 Å². The Bertz CT molecular complexity index is 550. The number of amides is 1. The second-order valence-corrected chi connectivity index (χ2v) is 6.61. The minimum atomic E-state index is -0.781. The number of aliphatic carboxylic acids is 1. The van der Waals surface area contributed by atoms with Gasteiger partial charge in [-0.15, -0.1) is 0 Å². The van der Waals surface area contributed by atoms with Crippen molar-refractivity contribution in [1.82, 2.24) is 5.32 Å². The number of hydrogen-bond acceptors (Lipinski definition) is 2. The van der Waals surface area contributed by atoms with Crippen molar-refractivity contribution in [3.05, 3.63) is 35.6 Å². The number of nitrogens with one attached hydrogen (secondary N) is 1. The van der Waals surface area contributed by atoms with Gasteiger partial charge in [0.05, 0.1) is 5.41 Å². The lowest BCUT2D eigenvalue weighted by molar-refractivity contribution is -0.137. The molecule has 1 aliphatic rings. The molecule has 24 heavy (non-hydrogen) atoms. The summed E-state index contributed by atoms with van der Waals surface area (Å²) >= 11 is 0. The number of benzene rings is 1. The summed E-state index contributed by atoms with van der Waals surface area (Å²) in [5.41, 5.74) is 0.347. The molecule has 1 aromatic rings. The molecule has 4 nitrogen and oxygen atoms in total. The van der Waals surface area contributed by atoms with Gasteiger partial charge >= 0.3 is 5.97 Å². The summed E-state index contributed by atoms with van der Waals surface area (Å²) in [6.45, 7) is 0.557. The number of carboxylic acid groups (broad SMARTS) is 1. The first-order chi connectivity index (χ1) is 11.5. The predicted octanol–water partition coefficient (Wildman–Crippen LogP) is 3.79. The number of carbonyl (C=O) groups is 2. The van der Waals surface area contributed by atoms with Gasteiger partial charge in [-0.05, 0) is 43.4 Å². The maximum atomic E-state index is 13.2. The number of rotatable bonds is 8. The van der Waals surface area contributed by atoms with Gasteiger partial charge in [0.1, 0.15) is 5.82 Å². The molecular formula is C19H26FNO3. The standard InChI is InChI=1S/C19H26FNO3/c20-16-10-8-15(9-11-16)19(12-4-2-5-13-19)18(24)21-14-6-1-3-7-17(22)23/h8-11H,1-7,12-14H2,(H,21,24)(H,22,23). The number of hydrogen-bond donors (Lipinski definition) is 2. The molecule has 0 atom stereocenters. The minimum Gasteiger partial charge on any atom is -0.481 e. The summed E-state index contributed by atoms with van der Waals surface area (Å²) in [6, 6.07) is 6.30. The highest BCUT2D eigenvalue weighted by Gasteiger charge is 2.40. The predicted molar refractivity (Wildman–Crippen MR) is 90.3 cm³/mol. The third kappa shape index (κ3) is 4.79. The maximum absolute atomic E-state index is 13.2. The molecule has 2 N–H and O–H groups in total. The van der Waals surface area contributed by atoms with Gasteiger partial charge in [-0.1, -0.05) is 37.8 Å². The number of carboxylic acids is 1. The van der Waals surface area contributed by atoms with Crippen LogP contribution in [0.25, 0.3) is 0 Å². The maximum Gasteiger partial charge on any atom is 0.303 e. The Morgan fingerprint density at radius 3 is 2.33 bits per heavy atom. The Kier molecular flexibility index (Phi) is 6.76. The molecule has 1 saturated carbocycles. The molecule has 1 fully saturated rings. The van der Waals surface area contributed by atoms with Crippen LogP contribution >= 0.6 is 0 Å². The van der Waals surface area contributed by atoms with Gasteiger partial charge in [0.25, 0.3) is 0 Å². The molecule has 0 aromatic heterocycles. The first-order valence-electron chi connectivity index (χ1n) is 8.81. The summed E-state index contributed by atoms with van der Waals surface area (Å²) in [5.74, 6) is -1.05. The van der Waals surface area contributed by atoms with Crippen molar-refractivity contribution in [2.45, 2.75) is 63.2 Å². The van der Waals surface area contributed by atoms with Crippen molar-refractivity contribution in [3.8, 4) is 0 Å². The van der Waals surface area contributed by atoms with Crippen LogP contribution in [0.5, 0.6) is 0 Å². The second kappa shape index (κ2) is 8.81. The van der Waals surface area contributed by atoms with Crippen molar-refractivity contribution >= 4 is 11.9 Å². The first kappa shape index (κ1) is 18.4. The monoisotopic (exact) mass is 335 g/mol. The number of unbranched alkanes of at least 4 members (excludes halogenated alkanes) is 2. The summed E-state index contributed by atoms with van der Waals surface area (Å²) in [4.78, 5) is 23.3. The molecule has 5 heteroatoms. The van der Waals surface area contributed by atoms with Crippen LogP contribution in [-0.2, 0) is 15.0 Å². The van der Waals surface area contributed by atoms with E-state index in [1.54, 1.807) is 12.1 Å². The molecule has 0 unspecified atom stereocenters. The second-order valence-electron chi connectivity index (χ2n) is 6.61. The van der Waals surface area contributed by atoms with E-state index in [4.69, 9.17) is 5.11 Å². The lowest BCUT2D eigenvalue weighted by Gasteiger charge is -2.36. The van der Waals surface area contributed by atoms with E-state index in [1.165, 1.54) is 12.1 Å². The van der Waals surface area contributed by atoms with Crippen LogP contribution in [0, 0.1) is 5.82 Å². The van der Waals surface area contributed by atoms with E-state index in [1.807, 2.05) is 0 Å². The molecule has 0 heterocycles. The van der Waals surface area contributed by atoms with E-state index in [0.717, 1.165) is 50.5 Å². The van der Waals surface area contributed by atoms with Gasteiger partial charge < -0.3 is 10.4 Å². The molecule has 132 valence electrons. The first-order valence-corrected chi connectivity index (χ1v) is 8.81. The summed E-state index contributed by atoms with van der Waals surface area (Å²) in [6.07, 6.45) is 7.10. The topological polar surface area (TPSA) is 66.4 Å². The van der Waals surface area contributed by atoms with E-state index in [2.05, 4.69) is 5.32 Å². The fourth-order valence-electron chi connectivity index (χ4n) is 3.52. The largest absolute Gasteiger partial charge is 0.481 e. The van der Waals surface area contributed by atoms with E-state index >= 15 is 0 Å². The van der Waals surface area contributed by atoms with E-state index in [-0.39, 0.29) is 18.1 Å². The van der Waals surface area contributed by atoms with Crippen molar-refractivity contribution in [1.29, 1.82) is 0 Å². The van der Waals surface area contributed by atoms with Gasteiger partial charge in [-0.2, -0.15) is 0 Å². The van der Waals surface area contributed by atoms with Crippen molar-refractivity contribution in [2.24, 2.45) is 0 Å². The highest BCUT2D eigenvalue weighted by atomic mass is 19.1. The molecule has 0 bridgehead atoms.